The van der Waals surface area contributed by atoms with Gasteiger partial charge in [-0.05, 0) is 41.3 Å². The van der Waals surface area contributed by atoms with Gasteiger partial charge in [0.15, 0.2) is 0 Å². The Kier molecular flexibility index (Phi) is 16.7. The molecule has 266 valence electrons. The molecule has 0 fully saturated rings. The SMILES string of the molecule is C=CCC(CC(=O)NCCOCCO)C(=O)NC(COC(=O)C(CC=C)NC(=O)OCc1ccccc1)C(=O)Nc1ccc2ccccc2c1. The quantitative estimate of drug-likeness (QED) is 0.0637. The Morgan fingerprint density at radius 3 is 2.22 bits per heavy atom. The van der Waals surface area contributed by atoms with Crippen molar-refractivity contribution in [3.8, 4) is 0 Å². The van der Waals surface area contributed by atoms with Crippen LogP contribution in [0.25, 0.3) is 10.8 Å². The molecule has 50 heavy (non-hydrogen) atoms. The van der Waals surface area contributed by atoms with Gasteiger partial charge in [0.2, 0.25) is 11.8 Å². The van der Waals surface area contributed by atoms with Crippen molar-refractivity contribution in [1.29, 1.82) is 0 Å². The van der Waals surface area contributed by atoms with Gasteiger partial charge in [-0.3, -0.25) is 14.4 Å². The molecule has 13 heteroatoms. The van der Waals surface area contributed by atoms with Gasteiger partial charge < -0.3 is 40.6 Å². The van der Waals surface area contributed by atoms with Crippen LogP contribution in [-0.2, 0) is 40.0 Å². The maximum atomic E-state index is 13.6. The third-order valence-electron chi connectivity index (χ3n) is 7.29. The largest absolute Gasteiger partial charge is 0.461 e. The minimum Gasteiger partial charge on any atom is -0.461 e. The van der Waals surface area contributed by atoms with Crippen LogP contribution in [0.1, 0.15) is 24.8 Å². The number of amides is 4. The highest BCUT2D eigenvalue weighted by atomic mass is 16.6. The Morgan fingerprint density at radius 2 is 1.50 bits per heavy atom. The number of ether oxygens (including phenoxy) is 3. The third-order valence-corrected chi connectivity index (χ3v) is 7.29. The lowest BCUT2D eigenvalue weighted by Crippen LogP contribution is -2.50. The Balaban J connectivity index is 1.70. The number of hydrogen-bond acceptors (Lipinski definition) is 9. The fraction of sp³-hybridized carbons (Fsp3) is 0.324. The van der Waals surface area contributed by atoms with Gasteiger partial charge in [0.1, 0.15) is 25.3 Å². The Hall–Kier alpha value is -5.53. The van der Waals surface area contributed by atoms with Crippen LogP contribution >= 0.6 is 0 Å². The van der Waals surface area contributed by atoms with Gasteiger partial charge in [-0.15, -0.1) is 13.2 Å². The number of benzene rings is 3. The van der Waals surface area contributed by atoms with Crippen molar-refractivity contribution < 1.29 is 43.3 Å². The van der Waals surface area contributed by atoms with E-state index < -0.39 is 54.4 Å². The van der Waals surface area contributed by atoms with Gasteiger partial charge >= 0.3 is 12.1 Å². The van der Waals surface area contributed by atoms with Gasteiger partial charge in [-0.1, -0.05) is 72.8 Å². The van der Waals surface area contributed by atoms with Crippen LogP contribution < -0.4 is 21.3 Å². The summed E-state index contributed by atoms with van der Waals surface area (Å²) in [5, 5.41) is 21.1. The number of rotatable bonds is 21. The second-order valence-electron chi connectivity index (χ2n) is 11.1. The van der Waals surface area contributed by atoms with Crippen molar-refractivity contribution in [3.05, 3.63) is 104 Å². The number of carbonyl (C=O) groups excluding carboxylic acids is 5. The summed E-state index contributed by atoms with van der Waals surface area (Å²) in [4.78, 5) is 65.2. The highest BCUT2D eigenvalue weighted by molar-refractivity contribution is 6.00. The minimum atomic E-state index is -1.38. The molecule has 0 aliphatic carbocycles. The Labute approximate surface area is 291 Å². The molecule has 3 aromatic rings. The summed E-state index contributed by atoms with van der Waals surface area (Å²) in [5.74, 6) is -3.53. The Morgan fingerprint density at radius 1 is 0.780 bits per heavy atom. The molecular weight excluding hydrogens is 644 g/mol. The summed E-state index contributed by atoms with van der Waals surface area (Å²) in [6.07, 6.45) is 1.94. The molecular formula is C37H44N4O9. The zero-order valence-corrected chi connectivity index (χ0v) is 27.8. The van der Waals surface area contributed by atoms with Crippen LogP contribution in [0.3, 0.4) is 0 Å². The smallest absolute Gasteiger partial charge is 0.408 e. The van der Waals surface area contributed by atoms with Gasteiger partial charge in [-0.2, -0.15) is 0 Å². The van der Waals surface area contributed by atoms with Gasteiger partial charge in [0, 0.05) is 18.7 Å². The van der Waals surface area contributed by atoms with Crippen LogP contribution in [0.4, 0.5) is 10.5 Å². The van der Waals surface area contributed by atoms with Crippen LogP contribution in [-0.4, -0.2) is 79.9 Å². The molecule has 0 bridgehead atoms. The number of hydrogen-bond donors (Lipinski definition) is 5. The van der Waals surface area contributed by atoms with Gasteiger partial charge in [0.05, 0.1) is 25.7 Å². The minimum absolute atomic E-state index is 0.00113. The summed E-state index contributed by atoms with van der Waals surface area (Å²) < 4.78 is 15.8. The average molecular weight is 689 g/mol. The summed E-state index contributed by atoms with van der Waals surface area (Å²) >= 11 is 0. The topological polar surface area (TPSA) is 181 Å². The normalized spacial score (nSPS) is 12.4. The molecule has 0 heterocycles. The van der Waals surface area contributed by atoms with Crippen molar-refractivity contribution in [2.24, 2.45) is 5.92 Å². The van der Waals surface area contributed by atoms with E-state index in [1.54, 1.807) is 36.4 Å². The van der Waals surface area contributed by atoms with Crippen LogP contribution in [0.2, 0.25) is 0 Å². The predicted molar refractivity (Wildman–Crippen MR) is 188 cm³/mol. The molecule has 0 spiro atoms. The molecule has 4 amide bonds. The van der Waals surface area contributed by atoms with E-state index in [1.165, 1.54) is 12.2 Å². The van der Waals surface area contributed by atoms with E-state index in [2.05, 4.69) is 34.4 Å². The standard InChI is InChI=1S/C37H44N4O9/c1-3-10-29(23-33(43)38-18-20-48-21-19-42)34(44)40-32(35(45)39-30-17-16-27-14-8-9-15-28(27)22-30)25-49-36(46)31(11-4-2)41-37(47)50-24-26-12-6-5-7-13-26/h3-9,12-17,22,29,31-32,42H,1-2,10-11,18-21,23-25H2,(H,38,43)(H,39,45)(H,40,44)(H,41,47). The molecule has 0 aliphatic heterocycles. The van der Waals surface area contributed by atoms with E-state index in [1.807, 2.05) is 36.4 Å². The lowest BCUT2D eigenvalue weighted by Gasteiger charge is -2.23. The third kappa shape index (κ3) is 13.5. The first kappa shape index (κ1) is 38.9. The number of allylic oxidation sites excluding steroid dienone is 1. The van der Waals surface area contributed by atoms with Crippen LogP contribution in [0.15, 0.2) is 98.1 Å². The Bertz CT molecular complexity index is 1600. The summed E-state index contributed by atoms with van der Waals surface area (Å²) in [5.41, 5.74) is 1.19. The number of anilines is 1. The second kappa shape index (κ2) is 21.4. The molecule has 0 aromatic heterocycles. The van der Waals surface area contributed by atoms with E-state index in [-0.39, 0.29) is 52.2 Å². The van der Waals surface area contributed by atoms with Crippen molar-refractivity contribution in [1.82, 2.24) is 16.0 Å². The lowest BCUT2D eigenvalue weighted by molar-refractivity contribution is -0.148. The molecule has 0 aliphatic rings. The first-order valence-electron chi connectivity index (χ1n) is 16.1. The number of alkyl carbamates (subject to hydrolysis) is 1. The maximum absolute atomic E-state index is 13.6. The average Bonchev–Trinajstić information content (AvgIpc) is 3.12. The lowest BCUT2D eigenvalue weighted by atomic mass is 9.99. The summed E-state index contributed by atoms with van der Waals surface area (Å²) in [6, 6.07) is 19.3. The van der Waals surface area contributed by atoms with Crippen molar-refractivity contribution in [2.45, 2.75) is 38.0 Å². The van der Waals surface area contributed by atoms with Crippen molar-refractivity contribution >= 4 is 46.2 Å². The molecule has 5 N–H and O–H groups in total. The van der Waals surface area contributed by atoms with E-state index in [4.69, 9.17) is 19.3 Å². The highest BCUT2D eigenvalue weighted by Gasteiger charge is 2.30. The van der Waals surface area contributed by atoms with Gasteiger partial charge in [0.25, 0.3) is 5.91 Å². The summed E-state index contributed by atoms with van der Waals surface area (Å²) in [7, 11) is 0. The second-order valence-corrected chi connectivity index (χ2v) is 11.1. The number of aliphatic hydroxyl groups excluding tert-OH is 1. The molecule has 13 nitrogen and oxygen atoms in total. The first-order chi connectivity index (χ1) is 24.2. The van der Waals surface area contributed by atoms with E-state index >= 15 is 0 Å². The molecule has 3 rings (SSSR count). The molecule has 3 unspecified atom stereocenters. The number of esters is 1. The monoisotopic (exact) mass is 688 g/mol. The summed E-state index contributed by atoms with van der Waals surface area (Å²) in [6.45, 7) is 7.03. The van der Waals surface area contributed by atoms with Crippen LogP contribution in [0, 0.1) is 5.92 Å². The number of carbonyl (C=O) groups is 5. The fourth-order valence-electron chi connectivity index (χ4n) is 4.73. The highest BCUT2D eigenvalue weighted by Crippen LogP contribution is 2.19. The zero-order chi connectivity index (χ0) is 36.1. The number of nitrogens with one attached hydrogen (secondary N) is 4. The van der Waals surface area contributed by atoms with Crippen molar-refractivity contribution in [3.63, 3.8) is 0 Å². The molecule has 3 aromatic carbocycles. The van der Waals surface area contributed by atoms with Gasteiger partial charge in [-0.25, -0.2) is 9.59 Å². The molecule has 0 saturated heterocycles. The van der Waals surface area contributed by atoms with E-state index in [9.17, 15) is 24.0 Å². The maximum Gasteiger partial charge on any atom is 0.408 e. The van der Waals surface area contributed by atoms with Crippen LogP contribution in [0.5, 0.6) is 0 Å². The van der Waals surface area contributed by atoms with E-state index in [0.29, 0.717) is 5.69 Å². The van der Waals surface area contributed by atoms with Crippen molar-refractivity contribution in [2.75, 3.05) is 38.3 Å². The zero-order valence-electron chi connectivity index (χ0n) is 27.8. The predicted octanol–water partition coefficient (Wildman–Crippen LogP) is 3.38. The molecule has 0 radical (unpaired) electrons. The number of fused-ring (bicyclic) bond motifs is 1. The number of aliphatic hydroxyl groups is 1. The molecule has 3 atom stereocenters. The van der Waals surface area contributed by atoms with E-state index in [0.717, 1.165) is 16.3 Å². The fourth-order valence-corrected chi connectivity index (χ4v) is 4.73. The first-order valence-corrected chi connectivity index (χ1v) is 16.1. The molecule has 0 saturated carbocycles.